The van der Waals surface area contributed by atoms with E-state index in [1.54, 1.807) is 0 Å². The molecule has 7 aromatic rings. The number of hydrogen-bond acceptors (Lipinski definition) is 0. The molecular weight excluding hydrogens is 528 g/mol. The molecule has 0 unspecified atom stereocenters. The molecule has 44 heavy (non-hydrogen) atoms. The summed E-state index contributed by atoms with van der Waals surface area (Å²) in [7, 11) is 0. The van der Waals surface area contributed by atoms with Crippen LogP contribution in [-0.4, -0.2) is 0 Å². The van der Waals surface area contributed by atoms with Crippen molar-refractivity contribution in [3.8, 4) is 22.3 Å². The summed E-state index contributed by atoms with van der Waals surface area (Å²) in [6.45, 7) is 0. The summed E-state index contributed by atoms with van der Waals surface area (Å²) >= 11 is 0. The van der Waals surface area contributed by atoms with E-state index in [9.17, 15) is 0 Å². The van der Waals surface area contributed by atoms with Gasteiger partial charge in [0.1, 0.15) is 0 Å². The number of hydrogen-bond donors (Lipinski definition) is 0. The summed E-state index contributed by atoms with van der Waals surface area (Å²) in [4.78, 5) is 0. The Morgan fingerprint density at radius 2 is 0.432 bits per heavy atom. The largest absolute Gasteiger partial charge is 0.0713 e. The highest BCUT2D eigenvalue weighted by Gasteiger charge is 2.48. The molecule has 2 aliphatic carbocycles. The summed E-state index contributed by atoms with van der Waals surface area (Å²) in [6, 6.07) is 67.5. The Hall–Kier alpha value is -5.46. The summed E-state index contributed by atoms with van der Waals surface area (Å²) in [6.07, 6.45) is 0. The minimum atomic E-state index is -0.404. The fourth-order valence-corrected chi connectivity index (χ4v) is 8.39. The maximum Gasteiger partial charge on any atom is 0.0713 e. The van der Waals surface area contributed by atoms with E-state index in [0.717, 1.165) is 0 Å². The van der Waals surface area contributed by atoms with Gasteiger partial charge in [0.15, 0.2) is 0 Å². The predicted molar refractivity (Wildman–Crippen MR) is 181 cm³/mol. The molecule has 0 amide bonds. The van der Waals surface area contributed by atoms with Crippen LogP contribution in [0.2, 0.25) is 0 Å². The first-order chi connectivity index (χ1) is 21.8. The van der Waals surface area contributed by atoms with Gasteiger partial charge in [-0.25, -0.2) is 0 Å². The standard InChI is InChI=1S/C44H30/c1-3-15-31(16-4-1)43(39-23-11-7-19-35(39)36-20-8-12-24-40(36)43)33-27-29-34(30-28-33)44(32-17-5-2-6-18-32)41-25-13-9-21-37(41)38-22-10-14-26-42(38)44/h1-30H. The quantitative estimate of drug-likeness (QED) is 0.202. The lowest BCUT2D eigenvalue weighted by Gasteiger charge is -2.36. The molecule has 7 aromatic carbocycles. The molecule has 0 aromatic heterocycles. The van der Waals surface area contributed by atoms with Gasteiger partial charge in [0.2, 0.25) is 0 Å². The van der Waals surface area contributed by atoms with Crippen LogP contribution in [0.15, 0.2) is 182 Å². The van der Waals surface area contributed by atoms with Crippen molar-refractivity contribution < 1.29 is 0 Å². The van der Waals surface area contributed by atoms with E-state index < -0.39 is 10.8 Å². The zero-order valence-corrected chi connectivity index (χ0v) is 24.3. The smallest absolute Gasteiger partial charge is 0.0622 e. The van der Waals surface area contributed by atoms with Crippen molar-refractivity contribution in [2.45, 2.75) is 10.8 Å². The van der Waals surface area contributed by atoms with Gasteiger partial charge in [-0.05, 0) is 66.8 Å². The van der Waals surface area contributed by atoms with Gasteiger partial charge in [-0.1, -0.05) is 182 Å². The highest BCUT2D eigenvalue weighted by atomic mass is 14.5. The minimum Gasteiger partial charge on any atom is -0.0622 e. The van der Waals surface area contributed by atoms with E-state index in [4.69, 9.17) is 0 Å². The van der Waals surface area contributed by atoms with Crippen LogP contribution >= 0.6 is 0 Å². The average molecular weight is 559 g/mol. The summed E-state index contributed by atoms with van der Waals surface area (Å²) in [5.74, 6) is 0. The van der Waals surface area contributed by atoms with Gasteiger partial charge in [0.25, 0.3) is 0 Å². The molecule has 9 rings (SSSR count). The molecule has 0 heterocycles. The van der Waals surface area contributed by atoms with Crippen LogP contribution in [0.3, 0.4) is 0 Å². The van der Waals surface area contributed by atoms with Gasteiger partial charge in [0, 0.05) is 0 Å². The Balaban J connectivity index is 1.34. The molecule has 0 nitrogen and oxygen atoms in total. The first-order valence-electron chi connectivity index (χ1n) is 15.5. The van der Waals surface area contributed by atoms with E-state index >= 15 is 0 Å². The monoisotopic (exact) mass is 558 g/mol. The molecule has 0 aliphatic heterocycles. The Morgan fingerprint density at radius 1 is 0.205 bits per heavy atom. The second-order valence-corrected chi connectivity index (χ2v) is 12.0. The first-order valence-corrected chi connectivity index (χ1v) is 15.5. The van der Waals surface area contributed by atoms with E-state index in [-0.39, 0.29) is 0 Å². The lowest BCUT2D eigenvalue weighted by Crippen LogP contribution is -2.30. The zero-order valence-electron chi connectivity index (χ0n) is 24.3. The van der Waals surface area contributed by atoms with Crippen LogP contribution in [0.1, 0.15) is 44.5 Å². The molecule has 0 saturated carbocycles. The summed E-state index contributed by atoms with van der Waals surface area (Å²) in [5.41, 5.74) is 15.0. The van der Waals surface area contributed by atoms with Crippen molar-refractivity contribution in [2.75, 3.05) is 0 Å². The third-order valence-electron chi connectivity index (χ3n) is 10.1. The number of rotatable bonds is 4. The van der Waals surface area contributed by atoms with E-state index in [2.05, 4.69) is 182 Å². The van der Waals surface area contributed by atoms with Crippen molar-refractivity contribution in [3.05, 3.63) is 226 Å². The summed E-state index contributed by atoms with van der Waals surface area (Å²) in [5, 5.41) is 0. The predicted octanol–water partition coefficient (Wildman–Crippen LogP) is 10.4. The van der Waals surface area contributed by atoms with Crippen LogP contribution in [0, 0.1) is 0 Å². The molecule has 206 valence electrons. The maximum absolute atomic E-state index is 2.40. The SMILES string of the molecule is c1ccc(C2(c3ccc(C4(c5ccccc5)c5ccccc5-c5ccccc54)cc3)c3ccccc3-c3ccccc32)cc1. The molecule has 0 atom stereocenters. The van der Waals surface area contributed by atoms with Crippen LogP contribution in [-0.2, 0) is 10.8 Å². The van der Waals surface area contributed by atoms with Gasteiger partial charge >= 0.3 is 0 Å². The van der Waals surface area contributed by atoms with Crippen molar-refractivity contribution in [1.82, 2.24) is 0 Å². The highest BCUT2D eigenvalue weighted by molar-refractivity contribution is 5.88. The highest BCUT2D eigenvalue weighted by Crippen LogP contribution is 2.58. The van der Waals surface area contributed by atoms with Crippen LogP contribution in [0.25, 0.3) is 22.3 Å². The third kappa shape index (κ3) is 3.18. The van der Waals surface area contributed by atoms with E-state index in [1.807, 2.05) is 0 Å². The van der Waals surface area contributed by atoms with Gasteiger partial charge in [-0.2, -0.15) is 0 Å². The van der Waals surface area contributed by atoms with Crippen molar-refractivity contribution >= 4 is 0 Å². The fraction of sp³-hybridized carbons (Fsp3) is 0.0455. The Labute approximate surface area is 258 Å². The molecule has 2 aliphatic rings. The van der Waals surface area contributed by atoms with Gasteiger partial charge < -0.3 is 0 Å². The molecular formula is C44H30. The second-order valence-electron chi connectivity index (χ2n) is 12.0. The fourth-order valence-electron chi connectivity index (χ4n) is 8.39. The van der Waals surface area contributed by atoms with Crippen LogP contribution in [0.5, 0.6) is 0 Å². The maximum atomic E-state index is 2.40. The average Bonchev–Trinajstić information content (AvgIpc) is 3.58. The molecule has 0 fully saturated rings. The van der Waals surface area contributed by atoms with E-state index in [0.29, 0.717) is 0 Å². The Morgan fingerprint density at radius 3 is 0.727 bits per heavy atom. The van der Waals surface area contributed by atoms with Gasteiger partial charge in [-0.15, -0.1) is 0 Å². The molecule has 0 spiro atoms. The summed E-state index contributed by atoms with van der Waals surface area (Å²) < 4.78 is 0. The Kier molecular flexibility index (Phi) is 5.43. The zero-order chi connectivity index (χ0) is 29.1. The molecule has 0 bridgehead atoms. The topological polar surface area (TPSA) is 0 Å². The minimum absolute atomic E-state index is 0.404. The first kappa shape index (κ1) is 25.1. The lowest BCUT2D eigenvalue weighted by molar-refractivity contribution is 0.750. The molecule has 0 heteroatoms. The van der Waals surface area contributed by atoms with Crippen molar-refractivity contribution in [2.24, 2.45) is 0 Å². The molecule has 0 radical (unpaired) electrons. The normalized spacial score (nSPS) is 14.7. The Bertz CT molecular complexity index is 1900. The van der Waals surface area contributed by atoms with Crippen molar-refractivity contribution in [3.63, 3.8) is 0 Å². The number of fused-ring (bicyclic) bond motifs is 6. The van der Waals surface area contributed by atoms with Crippen LogP contribution in [0.4, 0.5) is 0 Å². The molecule has 0 N–H and O–H groups in total. The van der Waals surface area contributed by atoms with Gasteiger partial charge in [0.05, 0.1) is 10.8 Å². The van der Waals surface area contributed by atoms with Gasteiger partial charge in [-0.3, -0.25) is 0 Å². The second kappa shape index (κ2) is 9.53. The number of benzene rings is 7. The van der Waals surface area contributed by atoms with Crippen molar-refractivity contribution in [1.29, 1.82) is 0 Å². The lowest BCUT2D eigenvalue weighted by atomic mass is 9.65. The van der Waals surface area contributed by atoms with E-state index in [1.165, 1.54) is 66.8 Å². The third-order valence-corrected chi connectivity index (χ3v) is 10.1. The molecule has 0 saturated heterocycles. The van der Waals surface area contributed by atoms with Crippen LogP contribution < -0.4 is 0 Å².